The van der Waals surface area contributed by atoms with Gasteiger partial charge >= 0.3 is 0 Å². The van der Waals surface area contributed by atoms with Crippen molar-refractivity contribution < 1.29 is 19.1 Å². The number of carbonyl (C=O) groups is 2. The van der Waals surface area contributed by atoms with Gasteiger partial charge in [0.1, 0.15) is 0 Å². The molecule has 0 aromatic heterocycles. The predicted molar refractivity (Wildman–Crippen MR) is 153 cm³/mol. The summed E-state index contributed by atoms with van der Waals surface area (Å²) in [7, 11) is 1.65. The van der Waals surface area contributed by atoms with Gasteiger partial charge in [-0.3, -0.25) is 9.59 Å². The zero-order valence-electron chi connectivity index (χ0n) is 24.5. The highest BCUT2D eigenvalue weighted by atomic mass is 16.5. The monoisotopic (exact) mass is 519 g/mol. The highest BCUT2D eigenvalue weighted by Crippen LogP contribution is 2.55. The van der Waals surface area contributed by atoms with Crippen LogP contribution in [0.4, 0.5) is 0 Å². The highest BCUT2D eigenvalue weighted by molar-refractivity contribution is 6.06. The van der Waals surface area contributed by atoms with E-state index in [-0.39, 0.29) is 22.4 Å². The largest absolute Gasteiger partial charge is 0.493 e. The zero-order valence-corrected chi connectivity index (χ0v) is 24.5. The molecule has 1 aromatic rings. The lowest BCUT2D eigenvalue weighted by atomic mass is 9.63. The second kappa shape index (κ2) is 10.7. The third kappa shape index (κ3) is 5.21. The van der Waals surface area contributed by atoms with E-state index in [4.69, 9.17) is 9.47 Å². The molecule has 0 spiro atoms. The van der Waals surface area contributed by atoms with Crippen molar-refractivity contribution in [2.75, 3.05) is 20.3 Å². The van der Waals surface area contributed by atoms with Gasteiger partial charge in [-0.05, 0) is 54.6 Å². The lowest BCUT2D eigenvalue weighted by Crippen LogP contribution is -2.44. The van der Waals surface area contributed by atoms with Gasteiger partial charge < -0.3 is 14.4 Å². The van der Waals surface area contributed by atoms with E-state index >= 15 is 0 Å². The Morgan fingerprint density at radius 2 is 1.53 bits per heavy atom. The van der Waals surface area contributed by atoms with Crippen LogP contribution in [0, 0.1) is 10.8 Å². The third-order valence-corrected chi connectivity index (χ3v) is 7.99. The van der Waals surface area contributed by atoms with Gasteiger partial charge in [0.15, 0.2) is 23.1 Å². The van der Waals surface area contributed by atoms with E-state index < -0.39 is 5.92 Å². The van der Waals surface area contributed by atoms with Crippen LogP contribution in [0.25, 0.3) is 0 Å². The van der Waals surface area contributed by atoms with E-state index in [1.165, 1.54) is 0 Å². The number of Topliss-reactive ketones (excluding diaryl/α,β-unsaturated/α-hetero) is 2. The number of methoxy groups -OCH3 is 1. The zero-order chi connectivity index (χ0) is 27.8. The van der Waals surface area contributed by atoms with Crippen LogP contribution >= 0.6 is 0 Å². The molecule has 5 nitrogen and oxygen atoms in total. The molecular weight excluding hydrogens is 474 g/mol. The molecule has 0 radical (unpaired) electrons. The molecule has 0 saturated heterocycles. The number of hydrogen-bond donors (Lipinski definition) is 0. The van der Waals surface area contributed by atoms with E-state index in [0.29, 0.717) is 31.6 Å². The Morgan fingerprint density at radius 1 is 0.947 bits per heavy atom. The van der Waals surface area contributed by atoms with Crippen LogP contribution in [-0.4, -0.2) is 36.7 Å². The van der Waals surface area contributed by atoms with E-state index in [2.05, 4.69) is 59.1 Å². The summed E-state index contributed by atoms with van der Waals surface area (Å²) in [6.07, 6.45) is 6.92. The SMILES string of the molecule is C=CCc1cc(C2C3=C(CC(C)(C)CC3=O)N(CCC)C3=C2C(=O)CC(C)(C)C3)cc(OC)c1OCCC. The van der Waals surface area contributed by atoms with Crippen molar-refractivity contribution in [1.82, 2.24) is 4.90 Å². The molecule has 1 aliphatic heterocycles. The number of nitrogens with zero attached hydrogens (tertiary/aromatic N) is 1. The smallest absolute Gasteiger partial charge is 0.164 e. The Morgan fingerprint density at radius 3 is 2.00 bits per heavy atom. The summed E-state index contributed by atoms with van der Waals surface area (Å²) < 4.78 is 12.0. The average molecular weight is 520 g/mol. The van der Waals surface area contributed by atoms with E-state index in [1.54, 1.807) is 7.11 Å². The minimum Gasteiger partial charge on any atom is -0.493 e. The first-order valence-electron chi connectivity index (χ1n) is 14.2. The summed E-state index contributed by atoms with van der Waals surface area (Å²) in [6.45, 7) is 18.3. The Kier molecular flexibility index (Phi) is 7.97. The summed E-state index contributed by atoms with van der Waals surface area (Å²) in [6, 6.07) is 4.11. The maximum absolute atomic E-state index is 14.0. The highest BCUT2D eigenvalue weighted by Gasteiger charge is 2.49. The lowest BCUT2D eigenvalue weighted by molar-refractivity contribution is -0.119. The van der Waals surface area contributed by atoms with E-state index in [9.17, 15) is 9.59 Å². The van der Waals surface area contributed by atoms with Crippen LogP contribution in [0.2, 0.25) is 0 Å². The topological polar surface area (TPSA) is 55.8 Å². The van der Waals surface area contributed by atoms with Gasteiger partial charge in [0.2, 0.25) is 0 Å². The molecule has 1 heterocycles. The average Bonchev–Trinajstić information content (AvgIpc) is 2.82. The van der Waals surface area contributed by atoms with E-state index in [1.807, 2.05) is 12.1 Å². The second-order valence-electron chi connectivity index (χ2n) is 12.7. The van der Waals surface area contributed by atoms with Crippen molar-refractivity contribution in [1.29, 1.82) is 0 Å². The number of carbonyl (C=O) groups excluding carboxylic acids is 2. The molecule has 1 aromatic carbocycles. The van der Waals surface area contributed by atoms with Gasteiger partial charge in [-0.15, -0.1) is 6.58 Å². The van der Waals surface area contributed by atoms with Crippen molar-refractivity contribution in [3.8, 4) is 11.5 Å². The fourth-order valence-electron chi connectivity index (χ4n) is 6.55. The Labute approximate surface area is 229 Å². The number of benzene rings is 1. The molecule has 0 fully saturated rings. The summed E-state index contributed by atoms with van der Waals surface area (Å²) in [5, 5.41) is 0. The van der Waals surface area contributed by atoms with Crippen LogP contribution < -0.4 is 9.47 Å². The number of ketones is 2. The molecule has 0 bridgehead atoms. The van der Waals surface area contributed by atoms with Crippen LogP contribution in [0.3, 0.4) is 0 Å². The van der Waals surface area contributed by atoms with Crippen LogP contribution in [0.15, 0.2) is 47.3 Å². The van der Waals surface area contributed by atoms with Gasteiger partial charge in [0.05, 0.1) is 13.7 Å². The first-order valence-corrected chi connectivity index (χ1v) is 14.2. The van der Waals surface area contributed by atoms with Crippen molar-refractivity contribution >= 4 is 11.6 Å². The minimum absolute atomic E-state index is 0.123. The lowest BCUT2D eigenvalue weighted by Gasteiger charge is -2.49. The summed E-state index contributed by atoms with van der Waals surface area (Å²) in [5.41, 5.74) is 5.48. The number of ether oxygens (including phenoxy) is 2. The minimum atomic E-state index is -0.391. The molecule has 3 aliphatic rings. The molecule has 0 unspecified atom stereocenters. The Bertz CT molecular complexity index is 1150. The van der Waals surface area contributed by atoms with Crippen LogP contribution in [0.5, 0.6) is 11.5 Å². The van der Waals surface area contributed by atoms with Crippen molar-refractivity contribution in [3.05, 3.63) is 58.5 Å². The molecule has 4 rings (SSSR count). The quantitative estimate of drug-likeness (QED) is 0.320. The third-order valence-electron chi connectivity index (χ3n) is 7.99. The van der Waals surface area contributed by atoms with Gasteiger partial charge in [0.25, 0.3) is 0 Å². The molecule has 0 N–H and O–H groups in total. The maximum Gasteiger partial charge on any atom is 0.164 e. The van der Waals surface area contributed by atoms with Crippen LogP contribution in [0.1, 0.15) is 97.1 Å². The molecule has 0 atom stereocenters. The molecular formula is C33H45NO4. The fraction of sp³-hybridized carbons (Fsp3) is 0.576. The van der Waals surface area contributed by atoms with Crippen molar-refractivity contribution in [2.45, 2.75) is 92.4 Å². The number of hydrogen-bond acceptors (Lipinski definition) is 5. The molecule has 0 amide bonds. The van der Waals surface area contributed by atoms with Gasteiger partial charge in [-0.1, -0.05) is 53.7 Å². The Balaban J connectivity index is 2.01. The maximum atomic E-state index is 14.0. The molecule has 0 saturated carbocycles. The first kappa shape index (κ1) is 28.2. The standard InChI is InChI=1S/C33H45NO4/c1-9-12-21-15-22(16-27(37-8)31(21)38-14-11-3)28-29-23(17-32(4,5)19-25(29)35)34(13-10-2)24-18-33(6,7)20-26(36)30(24)28/h9,15-16,28H,1,10-14,17-20H2,2-8H3. The van der Waals surface area contributed by atoms with Gasteiger partial charge in [-0.25, -0.2) is 0 Å². The normalized spacial score (nSPS) is 20.9. The molecule has 5 heteroatoms. The van der Waals surface area contributed by atoms with Crippen LogP contribution in [-0.2, 0) is 16.0 Å². The molecule has 38 heavy (non-hydrogen) atoms. The first-order chi connectivity index (χ1) is 18.0. The van der Waals surface area contributed by atoms with Gasteiger partial charge in [-0.2, -0.15) is 0 Å². The molecule has 2 aliphatic carbocycles. The number of rotatable bonds is 9. The molecule has 206 valence electrons. The predicted octanol–water partition coefficient (Wildman–Crippen LogP) is 7.31. The number of allylic oxidation sites excluding steroid dienone is 5. The summed E-state index contributed by atoms with van der Waals surface area (Å²) in [4.78, 5) is 30.3. The summed E-state index contributed by atoms with van der Waals surface area (Å²) >= 11 is 0. The van der Waals surface area contributed by atoms with Gasteiger partial charge in [0, 0.05) is 53.4 Å². The summed E-state index contributed by atoms with van der Waals surface area (Å²) in [5.74, 6) is 1.28. The second-order valence-corrected chi connectivity index (χ2v) is 12.7. The van der Waals surface area contributed by atoms with Crippen molar-refractivity contribution in [3.63, 3.8) is 0 Å². The fourth-order valence-corrected chi connectivity index (χ4v) is 6.55. The van der Waals surface area contributed by atoms with Crippen molar-refractivity contribution in [2.24, 2.45) is 10.8 Å². The Hall–Kier alpha value is -2.82. The van der Waals surface area contributed by atoms with E-state index in [0.717, 1.165) is 71.6 Å².